The molecule has 0 bridgehead atoms. The fraction of sp³-hybridized carbons (Fsp3) is 0.353. The van der Waals surface area contributed by atoms with Gasteiger partial charge in [-0.15, -0.1) is 0 Å². The summed E-state index contributed by atoms with van der Waals surface area (Å²) in [7, 11) is 0. The van der Waals surface area contributed by atoms with Crippen LogP contribution in [0.3, 0.4) is 0 Å². The van der Waals surface area contributed by atoms with E-state index in [0.717, 1.165) is 11.2 Å². The van der Waals surface area contributed by atoms with Gasteiger partial charge in [0.1, 0.15) is 18.6 Å². The van der Waals surface area contributed by atoms with Gasteiger partial charge in [-0.05, 0) is 18.6 Å². The Labute approximate surface area is 144 Å². The minimum atomic E-state index is -0.727. The standard InChI is InChI=1S/C17H18N2O6/c1-2-13(21)18-14(22)10-19-16(23)11-6-5-7-12(15(11)17(19)24)25-9-4-3-8-20/h5-8H,2-4,9-10H2,1H3,(H,18,21,22). The first kappa shape index (κ1) is 18.3. The molecule has 1 aromatic carbocycles. The molecule has 0 fully saturated rings. The molecular weight excluding hydrogens is 328 g/mol. The lowest BCUT2D eigenvalue weighted by Crippen LogP contribution is -2.42. The monoisotopic (exact) mass is 346 g/mol. The van der Waals surface area contributed by atoms with E-state index in [-0.39, 0.29) is 29.9 Å². The summed E-state index contributed by atoms with van der Waals surface area (Å²) in [4.78, 5) is 59.0. The van der Waals surface area contributed by atoms with Crippen molar-refractivity contribution in [2.75, 3.05) is 13.2 Å². The number of nitrogens with one attached hydrogen (secondary N) is 1. The van der Waals surface area contributed by atoms with Crippen LogP contribution in [0.25, 0.3) is 0 Å². The molecule has 0 atom stereocenters. The van der Waals surface area contributed by atoms with Gasteiger partial charge in [-0.3, -0.25) is 29.4 Å². The summed E-state index contributed by atoms with van der Waals surface area (Å²) in [6.45, 7) is 1.27. The van der Waals surface area contributed by atoms with Crippen LogP contribution in [0.5, 0.6) is 5.75 Å². The number of rotatable bonds is 8. The maximum Gasteiger partial charge on any atom is 0.265 e. The minimum Gasteiger partial charge on any atom is -0.493 e. The molecule has 0 spiro atoms. The Morgan fingerprint density at radius 1 is 1.20 bits per heavy atom. The number of hydrogen-bond acceptors (Lipinski definition) is 6. The van der Waals surface area contributed by atoms with Crippen LogP contribution >= 0.6 is 0 Å². The lowest BCUT2D eigenvalue weighted by atomic mass is 10.1. The SMILES string of the molecule is CCC(=O)NC(=O)CN1C(=O)c2cccc(OCCCC=O)c2C1=O. The average Bonchev–Trinajstić information content (AvgIpc) is 2.84. The summed E-state index contributed by atoms with van der Waals surface area (Å²) in [5.41, 5.74) is 0.237. The summed E-state index contributed by atoms with van der Waals surface area (Å²) in [6.07, 6.45) is 1.71. The number of carbonyl (C=O) groups is 5. The number of ether oxygens (including phenoxy) is 1. The maximum absolute atomic E-state index is 12.5. The van der Waals surface area contributed by atoms with E-state index in [9.17, 15) is 24.0 Å². The molecule has 1 heterocycles. The highest BCUT2D eigenvalue weighted by molar-refractivity contribution is 6.23. The third-order valence-electron chi connectivity index (χ3n) is 3.59. The number of fused-ring (bicyclic) bond motifs is 1. The van der Waals surface area contributed by atoms with Gasteiger partial charge in [-0.25, -0.2) is 0 Å². The van der Waals surface area contributed by atoms with Crippen LogP contribution in [0.4, 0.5) is 0 Å². The second kappa shape index (κ2) is 8.18. The molecule has 0 radical (unpaired) electrons. The summed E-state index contributed by atoms with van der Waals surface area (Å²) in [5.74, 6) is -2.24. The number of carbonyl (C=O) groups excluding carboxylic acids is 5. The van der Waals surface area contributed by atoms with Gasteiger partial charge in [0.25, 0.3) is 11.8 Å². The highest BCUT2D eigenvalue weighted by Gasteiger charge is 2.39. The van der Waals surface area contributed by atoms with Gasteiger partial charge in [0.05, 0.1) is 17.7 Å². The van der Waals surface area contributed by atoms with E-state index in [1.165, 1.54) is 6.07 Å². The fourth-order valence-corrected chi connectivity index (χ4v) is 2.34. The van der Waals surface area contributed by atoms with Crippen LogP contribution in [-0.2, 0) is 14.4 Å². The van der Waals surface area contributed by atoms with Crippen LogP contribution in [0.1, 0.15) is 46.9 Å². The molecule has 2 rings (SSSR count). The van der Waals surface area contributed by atoms with Gasteiger partial charge in [0.15, 0.2) is 0 Å². The predicted octanol–water partition coefficient (Wildman–Crippen LogP) is 0.693. The largest absolute Gasteiger partial charge is 0.493 e. The number of hydrogen-bond donors (Lipinski definition) is 1. The Bertz CT molecular complexity index is 728. The normalized spacial score (nSPS) is 12.8. The molecular formula is C17H18N2O6. The van der Waals surface area contributed by atoms with Gasteiger partial charge in [0.2, 0.25) is 11.8 Å². The van der Waals surface area contributed by atoms with Crippen molar-refractivity contribution in [3.05, 3.63) is 29.3 Å². The molecule has 0 saturated carbocycles. The first-order valence-electron chi connectivity index (χ1n) is 7.87. The van der Waals surface area contributed by atoms with Crippen molar-refractivity contribution in [3.8, 4) is 5.75 Å². The lowest BCUT2D eigenvalue weighted by Gasteiger charge is -2.13. The van der Waals surface area contributed by atoms with Crippen molar-refractivity contribution in [1.29, 1.82) is 0 Å². The second-order valence-electron chi connectivity index (χ2n) is 5.36. The Balaban J connectivity index is 2.13. The fourth-order valence-electron chi connectivity index (χ4n) is 2.34. The summed E-state index contributed by atoms with van der Waals surface area (Å²) in [5, 5.41) is 2.10. The molecule has 132 valence electrons. The number of nitrogens with zero attached hydrogens (tertiary/aromatic N) is 1. The van der Waals surface area contributed by atoms with E-state index in [1.54, 1.807) is 19.1 Å². The highest BCUT2D eigenvalue weighted by Crippen LogP contribution is 2.30. The molecule has 1 aromatic rings. The summed E-state index contributed by atoms with van der Waals surface area (Å²) >= 11 is 0. The van der Waals surface area contributed by atoms with E-state index in [4.69, 9.17) is 4.74 Å². The van der Waals surface area contributed by atoms with Crippen LogP contribution < -0.4 is 10.1 Å². The Morgan fingerprint density at radius 2 is 1.96 bits per heavy atom. The van der Waals surface area contributed by atoms with Crippen LogP contribution in [0, 0.1) is 0 Å². The van der Waals surface area contributed by atoms with Crippen molar-refractivity contribution < 1.29 is 28.7 Å². The van der Waals surface area contributed by atoms with E-state index in [0.29, 0.717) is 12.8 Å². The molecule has 8 nitrogen and oxygen atoms in total. The number of aldehydes is 1. The number of imide groups is 2. The molecule has 25 heavy (non-hydrogen) atoms. The Morgan fingerprint density at radius 3 is 2.64 bits per heavy atom. The van der Waals surface area contributed by atoms with Gasteiger partial charge < -0.3 is 9.53 Å². The first-order valence-corrected chi connectivity index (χ1v) is 7.87. The molecule has 8 heteroatoms. The van der Waals surface area contributed by atoms with Gasteiger partial charge in [-0.2, -0.15) is 0 Å². The van der Waals surface area contributed by atoms with E-state index in [2.05, 4.69) is 5.32 Å². The van der Waals surface area contributed by atoms with Crippen LogP contribution in [-0.4, -0.2) is 48.0 Å². The summed E-state index contributed by atoms with van der Waals surface area (Å²) < 4.78 is 5.49. The van der Waals surface area contributed by atoms with E-state index in [1.807, 2.05) is 0 Å². The third kappa shape index (κ3) is 4.09. The van der Waals surface area contributed by atoms with E-state index >= 15 is 0 Å². The van der Waals surface area contributed by atoms with Gasteiger partial charge in [0, 0.05) is 12.8 Å². The topological polar surface area (TPSA) is 110 Å². The molecule has 0 aromatic heterocycles. The molecule has 0 aliphatic carbocycles. The number of benzene rings is 1. The molecule has 0 saturated heterocycles. The van der Waals surface area contributed by atoms with E-state index < -0.39 is 30.2 Å². The summed E-state index contributed by atoms with van der Waals surface area (Å²) in [6, 6.07) is 4.60. The van der Waals surface area contributed by atoms with Crippen molar-refractivity contribution in [1.82, 2.24) is 10.2 Å². The van der Waals surface area contributed by atoms with Gasteiger partial charge in [-0.1, -0.05) is 13.0 Å². The number of amides is 4. The maximum atomic E-state index is 12.5. The number of unbranched alkanes of at least 4 members (excludes halogenated alkanes) is 1. The third-order valence-corrected chi connectivity index (χ3v) is 3.59. The lowest BCUT2D eigenvalue weighted by molar-refractivity contribution is -0.130. The van der Waals surface area contributed by atoms with Crippen molar-refractivity contribution in [3.63, 3.8) is 0 Å². The highest BCUT2D eigenvalue weighted by atomic mass is 16.5. The van der Waals surface area contributed by atoms with Gasteiger partial charge >= 0.3 is 0 Å². The average molecular weight is 346 g/mol. The zero-order chi connectivity index (χ0) is 18.4. The predicted molar refractivity (Wildman–Crippen MR) is 86.0 cm³/mol. The van der Waals surface area contributed by atoms with Crippen LogP contribution in [0.2, 0.25) is 0 Å². The quantitative estimate of drug-likeness (QED) is 0.421. The van der Waals surface area contributed by atoms with Crippen LogP contribution in [0.15, 0.2) is 18.2 Å². The zero-order valence-corrected chi connectivity index (χ0v) is 13.7. The Hall–Kier alpha value is -3.03. The smallest absolute Gasteiger partial charge is 0.265 e. The molecule has 1 aliphatic rings. The van der Waals surface area contributed by atoms with Crippen molar-refractivity contribution >= 4 is 29.9 Å². The molecule has 0 unspecified atom stereocenters. The zero-order valence-electron chi connectivity index (χ0n) is 13.7. The first-order chi connectivity index (χ1) is 12.0. The molecule has 4 amide bonds. The minimum absolute atomic E-state index is 0.0909. The second-order valence-corrected chi connectivity index (χ2v) is 5.36. The molecule has 1 aliphatic heterocycles. The van der Waals surface area contributed by atoms with Crippen molar-refractivity contribution in [2.45, 2.75) is 26.2 Å². The Kier molecular flexibility index (Phi) is 5.99. The van der Waals surface area contributed by atoms with Crippen molar-refractivity contribution in [2.24, 2.45) is 0 Å². The molecule has 1 N–H and O–H groups in total.